The lowest BCUT2D eigenvalue weighted by atomic mass is 9.35. The van der Waals surface area contributed by atoms with Crippen molar-refractivity contribution < 1.29 is 8.83 Å². The average molecular weight is 833 g/mol. The van der Waals surface area contributed by atoms with E-state index in [0.717, 1.165) is 51.8 Å². The molecule has 0 spiro atoms. The minimum absolute atomic E-state index is 0.0257. The molecule has 2 aliphatic heterocycles. The van der Waals surface area contributed by atoms with Crippen molar-refractivity contribution in [2.24, 2.45) is 0 Å². The second kappa shape index (κ2) is 12.8. The number of anilines is 6. The Bertz CT molecular complexity index is 3070. The largest absolute Gasteiger partial charge is 0.468 e. The van der Waals surface area contributed by atoms with Crippen molar-refractivity contribution in [2.75, 3.05) is 9.80 Å². The van der Waals surface area contributed by atoms with Gasteiger partial charge in [0.15, 0.2) is 0 Å². The number of hydrogen-bond acceptors (Lipinski definition) is 4. The number of fused-ring (bicyclic) bond motifs is 9. The van der Waals surface area contributed by atoms with Gasteiger partial charge in [0.2, 0.25) is 0 Å². The van der Waals surface area contributed by atoms with Gasteiger partial charge >= 0.3 is 0 Å². The number of para-hydroxylation sites is 2. The maximum atomic E-state index is 7.60. The molecule has 0 atom stereocenters. The number of furan rings is 2. The molecule has 0 amide bonds. The van der Waals surface area contributed by atoms with Crippen molar-refractivity contribution in [1.29, 1.82) is 0 Å². The van der Waals surface area contributed by atoms with Crippen LogP contribution in [0.15, 0.2) is 100 Å². The van der Waals surface area contributed by atoms with E-state index in [4.69, 9.17) is 8.83 Å². The minimum Gasteiger partial charge on any atom is -0.468 e. The fraction of sp³-hybridized carbons (Fsp3) is 0.414. The van der Waals surface area contributed by atoms with Gasteiger partial charge in [-0.25, -0.2) is 0 Å². The molecule has 322 valence electrons. The number of rotatable bonds is 2. The summed E-state index contributed by atoms with van der Waals surface area (Å²) in [6.45, 7) is 33.5. The van der Waals surface area contributed by atoms with Gasteiger partial charge < -0.3 is 18.6 Å². The molecule has 0 saturated carbocycles. The number of nitrogens with zero attached hydrogens (tertiary/aromatic N) is 2. The molecule has 2 aromatic heterocycles. The Hall–Kier alpha value is -5.16. The molecular formula is C58H65BN2O2. The van der Waals surface area contributed by atoms with Gasteiger partial charge in [-0.2, -0.15) is 0 Å². The molecule has 5 aromatic carbocycles. The number of hydrogen-bond donors (Lipinski definition) is 0. The Balaban J connectivity index is 1.32. The van der Waals surface area contributed by atoms with E-state index in [1.54, 1.807) is 0 Å². The highest BCUT2D eigenvalue weighted by Crippen LogP contribution is 2.54. The Morgan fingerprint density at radius 1 is 0.540 bits per heavy atom. The normalized spacial score (nSPS) is 19.1. The molecule has 4 nitrogen and oxygen atoms in total. The zero-order valence-electron chi connectivity index (χ0n) is 40.3. The summed E-state index contributed by atoms with van der Waals surface area (Å²) in [6, 6.07) is 33.0. The van der Waals surface area contributed by atoms with Crippen LogP contribution >= 0.6 is 0 Å². The molecule has 2 aliphatic carbocycles. The second-order valence-electron chi connectivity index (χ2n) is 24.4. The van der Waals surface area contributed by atoms with E-state index in [1.165, 1.54) is 79.9 Å². The van der Waals surface area contributed by atoms with Crippen LogP contribution in [0.5, 0.6) is 0 Å². The van der Waals surface area contributed by atoms with Crippen LogP contribution in [0, 0.1) is 0 Å². The summed E-state index contributed by atoms with van der Waals surface area (Å²) in [5.74, 6) is 0. The lowest BCUT2D eigenvalue weighted by molar-refractivity contribution is 0.332. The molecule has 0 radical (unpaired) electrons. The Kier molecular flexibility index (Phi) is 8.23. The Morgan fingerprint density at radius 2 is 1.13 bits per heavy atom. The summed E-state index contributed by atoms with van der Waals surface area (Å²) in [7, 11) is 0. The third-order valence-corrected chi connectivity index (χ3v) is 16.1. The second-order valence-corrected chi connectivity index (χ2v) is 24.4. The third kappa shape index (κ3) is 5.79. The van der Waals surface area contributed by atoms with Crippen LogP contribution in [0.25, 0.3) is 21.9 Å². The van der Waals surface area contributed by atoms with Crippen molar-refractivity contribution in [1.82, 2.24) is 0 Å². The summed E-state index contributed by atoms with van der Waals surface area (Å²) < 4.78 is 14.1. The van der Waals surface area contributed by atoms with E-state index >= 15 is 0 Å². The lowest BCUT2D eigenvalue weighted by Gasteiger charge is -2.47. The maximum absolute atomic E-state index is 7.60. The smallest absolute Gasteiger partial charge is 0.297 e. The van der Waals surface area contributed by atoms with Crippen LogP contribution in [0.1, 0.15) is 156 Å². The maximum Gasteiger partial charge on any atom is 0.297 e. The molecule has 4 aliphatic rings. The minimum atomic E-state index is -0.140. The summed E-state index contributed by atoms with van der Waals surface area (Å²) in [5.41, 5.74) is 20.9. The molecule has 5 heteroatoms. The van der Waals surface area contributed by atoms with E-state index in [1.807, 2.05) is 6.26 Å². The third-order valence-electron chi connectivity index (χ3n) is 16.1. The van der Waals surface area contributed by atoms with Crippen molar-refractivity contribution in [2.45, 2.75) is 155 Å². The highest BCUT2D eigenvalue weighted by Gasteiger charge is 2.50. The molecule has 0 fully saturated rings. The Labute approximate surface area is 376 Å². The first-order valence-corrected chi connectivity index (χ1v) is 23.6. The van der Waals surface area contributed by atoms with Crippen LogP contribution in [0.3, 0.4) is 0 Å². The SMILES string of the molecule is CC(C)(C)c1cc2c3c(c1)N(c1coc4ccccc14)c1c(oc4c(C(C)(C)C)cccc14)B3c1cc3c(cc1N2c1ccc2c(c1)C(C)(C)CCC2(C)C)C(C)(C)CCC3(C)C. The molecule has 0 N–H and O–H groups in total. The average Bonchev–Trinajstić information content (AvgIpc) is 3.82. The van der Waals surface area contributed by atoms with Crippen LogP contribution < -0.4 is 26.4 Å². The first-order valence-electron chi connectivity index (χ1n) is 23.6. The number of benzene rings is 5. The van der Waals surface area contributed by atoms with Gasteiger partial charge in [-0.15, -0.1) is 0 Å². The molecular weight excluding hydrogens is 767 g/mol. The fourth-order valence-electron chi connectivity index (χ4n) is 12.0. The summed E-state index contributed by atoms with van der Waals surface area (Å²) in [5, 5.41) is 2.22. The van der Waals surface area contributed by atoms with Crippen molar-refractivity contribution in [3.63, 3.8) is 0 Å². The van der Waals surface area contributed by atoms with Crippen molar-refractivity contribution >= 4 is 79.4 Å². The van der Waals surface area contributed by atoms with E-state index in [0.29, 0.717) is 0 Å². The van der Waals surface area contributed by atoms with Gasteiger partial charge in [0.25, 0.3) is 6.71 Å². The van der Waals surface area contributed by atoms with Gasteiger partial charge in [0, 0.05) is 39.1 Å². The van der Waals surface area contributed by atoms with Gasteiger partial charge in [-0.1, -0.05) is 133 Å². The standard InChI is InChI=1S/C58H65BN2O2/c1-53(2,3)34-28-45-49-46(29-34)61(47-33-62-48-21-16-15-18-36(47)48)50-37-19-17-20-39(54(4,5)6)51(37)63-52(50)59(49)43-31-41-42(58(13,14)27-26-57(41,11)12)32-44(43)60(45)35-22-23-38-40(30-35)56(9,10)25-24-55(38,7)8/h15-23,28-33H,24-27H2,1-14H3. The molecule has 7 aromatic rings. The Morgan fingerprint density at radius 3 is 1.78 bits per heavy atom. The highest BCUT2D eigenvalue weighted by molar-refractivity contribution is 7.00. The molecule has 0 saturated heterocycles. The quantitative estimate of drug-likeness (QED) is 0.162. The first-order chi connectivity index (χ1) is 29.5. The summed E-state index contributed by atoms with van der Waals surface area (Å²) in [4.78, 5) is 5.17. The summed E-state index contributed by atoms with van der Waals surface area (Å²) >= 11 is 0. The van der Waals surface area contributed by atoms with E-state index in [9.17, 15) is 0 Å². The molecule has 0 bridgehead atoms. The van der Waals surface area contributed by atoms with E-state index < -0.39 is 0 Å². The molecule has 4 heterocycles. The van der Waals surface area contributed by atoms with Crippen molar-refractivity contribution in [3.05, 3.63) is 125 Å². The monoisotopic (exact) mass is 833 g/mol. The fourth-order valence-corrected chi connectivity index (χ4v) is 12.0. The van der Waals surface area contributed by atoms with E-state index in [-0.39, 0.29) is 39.2 Å². The predicted octanol–water partition coefficient (Wildman–Crippen LogP) is 14.6. The van der Waals surface area contributed by atoms with Crippen molar-refractivity contribution in [3.8, 4) is 0 Å². The zero-order valence-corrected chi connectivity index (χ0v) is 40.3. The summed E-state index contributed by atoms with van der Waals surface area (Å²) in [6.07, 6.45) is 6.63. The van der Waals surface area contributed by atoms with Gasteiger partial charge in [-0.05, 0) is 145 Å². The van der Waals surface area contributed by atoms with Crippen LogP contribution in [-0.4, -0.2) is 6.71 Å². The van der Waals surface area contributed by atoms with Crippen LogP contribution in [0.4, 0.5) is 34.1 Å². The van der Waals surface area contributed by atoms with Gasteiger partial charge in [0.05, 0.1) is 17.0 Å². The van der Waals surface area contributed by atoms with Crippen LogP contribution in [0.2, 0.25) is 0 Å². The van der Waals surface area contributed by atoms with Gasteiger partial charge in [0.1, 0.15) is 17.4 Å². The predicted molar refractivity (Wildman–Crippen MR) is 268 cm³/mol. The molecule has 0 unspecified atom stereocenters. The van der Waals surface area contributed by atoms with Gasteiger partial charge in [-0.3, -0.25) is 0 Å². The van der Waals surface area contributed by atoms with Crippen LogP contribution in [-0.2, 0) is 32.5 Å². The highest BCUT2D eigenvalue weighted by atomic mass is 16.3. The van der Waals surface area contributed by atoms with E-state index in [2.05, 4.69) is 192 Å². The zero-order chi connectivity index (χ0) is 44.6. The molecule has 11 rings (SSSR count). The molecule has 63 heavy (non-hydrogen) atoms. The first kappa shape index (κ1) is 40.6. The topological polar surface area (TPSA) is 32.8 Å². The lowest BCUT2D eigenvalue weighted by Crippen LogP contribution is -2.61.